The molecule has 13 heavy (non-hydrogen) atoms. The van der Waals surface area contributed by atoms with Crippen LogP contribution in [-0.2, 0) is 0 Å². The molecule has 2 rings (SSSR count). The molecule has 1 nitrogen and oxygen atoms in total. The van der Waals surface area contributed by atoms with Crippen LogP contribution < -0.4 is 5.73 Å². The van der Waals surface area contributed by atoms with Crippen molar-refractivity contribution in [3.8, 4) is 0 Å². The van der Waals surface area contributed by atoms with Crippen LogP contribution in [0.25, 0.3) is 10.1 Å². The molecule has 0 saturated heterocycles. The average molecular weight is 274 g/mol. The van der Waals surface area contributed by atoms with Crippen LogP contribution >= 0.6 is 39.0 Å². The fourth-order valence-corrected chi connectivity index (χ4v) is 4.06. The maximum atomic E-state index is 5.84. The predicted molar refractivity (Wildman–Crippen MR) is 65.7 cm³/mol. The minimum atomic E-state index is 0.878. The summed E-state index contributed by atoms with van der Waals surface area (Å²) in [5.41, 5.74) is 6.71. The lowest BCUT2D eigenvalue weighted by atomic mass is 10.2. The summed E-state index contributed by atoms with van der Waals surface area (Å²) in [5.74, 6) is 0. The van der Waals surface area contributed by atoms with E-state index in [1.54, 1.807) is 23.1 Å². The largest absolute Gasteiger partial charge is 0.398 e. The van der Waals surface area contributed by atoms with E-state index in [9.17, 15) is 0 Å². The third-order valence-corrected chi connectivity index (χ3v) is 4.80. The quantitative estimate of drug-likeness (QED) is 0.796. The Bertz CT molecular complexity index is 450. The van der Waals surface area contributed by atoms with Gasteiger partial charge in [0.05, 0.1) is 10.4 Å². The number of benzene rings is 1. The Hall–Kier alpha value is -0.190. The SMILES string of the molecule is CSc1c(Br)ccc2c(N)csc12. The van der Waals surface area contributed by atoms with Crippen LogP contribution in [0.5, 0.6) is 0 Å². The summed E-state index contributed by atoms with van der Waals surface area (Å²) in [4.78, 5) is 1.28. The summed E-state index contributed by atoms with van der Waals surface area (Å²) in [7, 11) is 0. The van der Waals surface area contributed by atoms with E-state index >= 15 is 0 Å². The minimum absolute atomic E-state index is 0.878. The van der Waals surface area contributed by atoms with Crippen LogP contribution in [0.15, 0.2) is 26.9 Å². The van der Waals surface area contributed by atoms with Crippen molar-refractivity contribution < 1.29 is 0 Å². The smallest absolute Gasteiger partial charge is 0.0511 e. The molecule has 2 N–H and O–H groups in total. The fourth-order valence-electron chi connectivity index (χ4n) is 1.26. The van der Waals surface area contributed by atoms with Crippen molar-refractivity contribution >= 4 is 54.8 Å². The van der Waals surface area contributed by atoms with Crippen molar-refractivity contribution in [1.29, 1.82) is 0 Å². The lowest BCUT2D eigenvalue weighted by Crippen LogP contribution is -1.81. The fraction of sp³-hybridized carbons (Fsp3) is 0.111. The summed E-state index contributed by atoms with van der Waals surface area (Å²) >= 11 is 6.98. The number of nitrogens with two attached hydrogens (primary N) is 1. The van der Waals surface area contributed by atoms with Crippen LogP contribution in [0.2, 0.25) is 0 Å². The number of fused-ring (bicyclic) bond motifs is 1. The van der Waals surface area contributed by atoms with Crippen molar-refractivity contribution in [1.82, 2.24) is 0 Å². The highest BCUT2D eigenvalue weighted by Crippen LogP contribution is 2.39. The Labute approximate surface area is 93.4 Å². The number of thiophene rings is 1. The highest BCUT2D eigenvalue weighted by molar-refractivity contribution is 9.10. The molecule has 4 heteroatoms. The first-order valence-electron chi connectivity index (χ1n) is 3.73. The monoisotopic (exact) mass is 273 g/mol. The lowest BCUT2D eigenvalue weighted by molar-refractivity contribution is 1.52. The average Bonchev–Trinajstić information content (AvgIpc) is 2.48. The Balaban J connectivity index is 2.85. The molecule has 1 aromatic heterocycles. The number of thioether (sulfide) groups is 1. The van der Waals surface area contributed by atoms with Gasteiger partial charge in [0.1, 0.15) is 0 Å². The molecule has 0 amide bonds. The molecule has 0 aliphatic heterocycles. The number of hydrogen-bond donors (Lipinski definition) is 1. The van der Waals surface area contributed by atoms with Gasteiger partial charge < -0.3 is 5.73 Å². The van der Waals surface area contributed by atoms with Gasteiger partial charge in [-0.2, -0.15) is 0 Å². The van der Waals surface area contributed by atoms with Crippen molar-refractivity contribution in [2.24, 2.45) is 0 Å². The molecule has 2 aromatic rings. The van der Waals surface area contributed by atoms with Gasteiger partial charge in [-0.05, 0) is 28.3 Å². The van der Waals surface area contributed by atoms with Crippen molar-refractivity contribution in [2.75, 3.05) is 12.0 Å². The molecule has 0 radical (unpaired) electrons. The Morgan fingerprint density at radius 1 is 1.46 bits per heavy atom. The molecule has 0 aliphatic rings. The van der Waals surface area contributed by atoms with Gasteiger partial charge in [-0.1, -0.05) is 6.07 Å². The summed E-state index contributed by atoms with van der Waals surface area (Å²) < 4.78 is 2.42. The number of rotatable bonds is 1. The molecule has 0 saturated carbocycles. The minimum Gasteiger partial charge on any atom is -0.398 e. The second-order valence-electron chi connectivity index (χ2n) is 2.65. The van der Waals surface area contributed by atoms with E-state index in [1.807, 2.05) is 5.38 Å². The van der Waals surface area contributed by atoms with Gasteiger partial charge in [0, 0.05) is 20.1 Å². The van der Waals surface area contributed by atoms with Gasteiger partial charge in [-0.15, -0.1) is 23.1 Å². The molecule has 0 bridgehead atoms. The molecule has 0 unspecified atom stereocenters. The van der Waals surface area contributed by atoms with E-state index in [0.29, 0.717) is 0 Å². The van der Waals surface area contributed by atoms with E-state index in [-0.39, 0.29) is 0 Å². The molecule has 0 fully saturated rings. The van der Waals surface area contributed by atoms with Crippen LogP contribution in [-0.4, -0.2) is 6.26 Å². The lowest BCUT2D eigenvalue weighted by Gasteiger charge is -2.01. The summed E-state index contributed by atoms with van der Waals surface area (Å²) in [6.07, 6.45) is 2.08. The first kappa shape index (κ1) is 9.37. The molecule has 1 heterocycles. The first-order valence-corrected chi connectivity index (χ1v) is 6.63. The summed E-state index contributed by atoms with van der Waals surface area (Å²) in [5, 5.41) is 3.16. The molecule has 68 valence electrons. The predicted octanol–water partition coefficient (Wildman–Crippen LogP) is 3.97. The standard InChI is InChI=1S/C9H8BrNS2/c1-12-9-6(10)3-2-5-7(11)4-13-8(5)9/h2-4H,11H2,1H3. The maximum absolute atomic E-state index is 5.84. The maximum Gasteiger partial charge on any atom is 0.0511 e. The molecule has 0 aliphatic carbocycles. The van der Waals surface area contributed by atoms with Crippen LogP contribution in [0, 0.1) is 0 Å². The Kier molecular flexibility index (Phi) is 2.53. The number of hydrogen-bond acceptors (Lipinski definition) is 3. The Morgan fingerprint density at radius 3 is 2.92 bits per heavy atom. The highest BCUT2D eigenvalue weighted by atomic mass is 79.9. The second-order valence-corrected chi connectivity index (χ2v) is 5.20. The van der Waals surface area contributed by atoms with Gasteiger partial charge >= 0.3 is 0 Å². The number of nitrogen functional groups attached to an aromatic ring is 1. The highest BCUT2D eigenvalue weighted by Gasteiger charge is 2.08. The third kappa shape index (κ3) is 1.47. The van der Waals surface area contributed by atoms with Crippen molar-refractivity contribution in [3.05, 3.63) is 22.0 Å². The third-order valence-electron chi connectivity index (χ3n) is 1.88. The Morgan fingerprint density at radius 2 is 2.23 bits per heavy atom. The molecule has 0 spiro atoms. The second kappa shape index (κ2) is 3.52. The summed E-state index contributed by atoms with van der Waals surface area (Å²) in [6, 6.07) is 4.11. The van der Waals surface area contributed by atoms with Gasteiger partial charge in [-0.25, -0.2) is 0 Å². The zero-order valence-corrected chi connectivity index (χ0v) is 10.2. The van der Waals surface area contributed by atoms with E-state index in [0.717, 1.165) is 15.5 Å². The van der Waals surface area contributed by atoms with Gasteiger partial charge in [-0.3, -0.25) is 0 Å². The normalized spacial score (nSPS) is 10.9. The van der Waals surface area contributed by atoms with Crippen LogP contribution in [0.1, 0.15) is 0 Å². The van der Waals surface area contributed by atoms with Crippen LogP contribution in [0.4, 0.5) is 5.69 Å². The van der Waals surface area contributed by atoms with E-state index in [4.69, 9.17) is 5.73 Å². The molecule has 1 aromatic carbocycles. The number of halogens is 1. The zero-order chi connectivity index (χ0) is 9.42. The van der Waals surface area contributed by atoms with Crippen molar-refractivity contribution in [3.63, 3.8) is 0 Å². The van der Waals surface area contributed by atoms with E-state index < -0.39 is 0 Å². The van der Waals surface area contributed by atoms with Gasteiger partial charge in [0.25, 0.3) is 0 Å². The summed E-state index contributed by atoms with van der Waals surface area (Å²) in [6.45, 7) is 0. The number of anilines is 1. The van der Waals surface area contributed by atoms with E-state index in [2.05, 4.69) is 34.3 Å². The van der Waals surface area contributed by atoms with Gasteiger partial charge in [0.2, 0.25) is 0 Å². The van der Waals surface area contributed by atoms with E-state index in [1.165, 1.54) is 9.60 Å². The topological polar surface area (TPSA) is 26.0 Å². The molecule has 0 atom stereocenters. The molecular weight excluding hydrogens is 266 g/mol. The van der Waals surface area contributed by atoms with Gasteiger partial charge in [0.15, 0.2) is 0 Å². The molecular formula is C9H8BrNS2. The zero-order valence-electron chi connectivity index (χ0n) is 7.00. The van der Waals surface area contributed by atoms with Crippen LogP contribution in [0.3, 0.4) is 0 Å². The first-order chi connectivity index (χ1) is 6.24. The van der Waals surface area contributed by atoms with Crippen molar-refractivity contribution in [2.45, 2.75) is 4.90 Å².